The van der Waals surface area contributed by atoms with Crippen molar-refractivity contribution < 1.29 is 4.79 Å². The SMILES string of the molecule is O=C(CC1CCN(c2ccncc2)CC1)c1ccccc1. The van der Waals surface area contributed by atoms with E-state index in [4.69, 9.17) is 0 Å². The molecule has 0 atom stereocenters. The molecule has 3 nitrogen and oxygen atoms in total. The predicted molar refractivity (Wildman–Crippen MR) is 84.6 cm³/mol. The van der Waals surface area contributed by atoms with Crippen LogP contribution in [0.25, 0.3) is 0 Å². The van der Waals surface area contributed by atoms with Crippen molar-refractivity contribution >= 4 is 11.5 Å². The second-order valence-corrected chi connectivity index (χ2v) is 5.63. The molecule has 21 heavy (non-hydrogen) atoms. The van der Waals surface area contributed by atoms with Gasteiger partial charge in [-0.25, -0.2) is 0 Å². The molecule has 0 aliphatic carbocycles. The molecule has 0 spiro atoms. The number of rotatable bonds is 4. The van der Waals surface area contributed by atoms with E-state index in [1.54, 1.807) is 0 Å². The number of Topliss-reactive ketones (excluding diaryl/α,β-unsaturated/α-hetero) is 1. The minimum atomic E-state index is 0.276. The van der Waals surface area contributed by atoms with E-state index in [0.29, 0.717) is 12.3 Å². The summed E-state index contributed by atoms with van der Waals surface area (Å²) < 4.78 is 0. The van der Waals surface area contributed by atoms with Crippen molar-refractivity contribution in [1.29, 1.82) is 0 Å². The maximum Gasteiger partial charge on any atom is 0.163 e. The Hall–Kier alpha value is -2.16. The summed E-state index contributed by atoms with van der Waals surface area (Å²) in [6.45, 7) is 2.05. The van der Waals surface area contributed by atoms with Gasteiger partial charge in [0, 0.05) is 43.2 Å². The average molecular weight is 280 g/mol. The normalized spacial score (nSPS) is 15.9. The highest BCUT2D eigenvalue weighted by molar-refractivity contribution is 5.96. The zero-order chi connectivity index (χ0) is 14.5. The van der Waals surface area contributed by atoms with Gasteiger partial charge in [0.05, 0.1) is 0 Å². The van der Waals surface area contributed by atoms with Crippen molar-refractivity contribution in [3.63, 3.8) is 0 Å². The van der Waals surface area contributed by atoms with Gasteiger partial charge in [0.25, 0.3) is 0 Å². The van der Waals surface area contributed by atoms with E-state index in [0.717, 1.165) is 31.5 Å². The van der Waals surface area contributed by atoms with Gasteiger partial charge in [0.2, 0.25) is 0 Å². The van der Waals surface area contributed by atoms with E-state index in [-0.39, 0.29) is 5.78 Å². The molecule has 1 saturated heterocycles. The van der Waals surface area contributed by atoms with Crippen LogP contribution in [0.1, 0.15) is 29.6 Å². The highest BCUT2D eigenvalue weighted by Gasteiger charge is 2.22. The molecule has 1 aliphatic heterocycles. The van der Waals surface area contributed by atoms with Crippen LogP contribution in [-0.4, -0.2) is 23.9 Å². The van der Waals surface area contributed by atoms with Gasteiger partial charge in [0.1, 0.15) is 0 Å². The number of piperidine rings is 1. The summed E-state index contributed by atoms with van der Waals surface area (Å²) in [6, 6.07) is 13.7. The fraction of sp³-hybridized carbons (Fsp3) is 0.333. The van der Waals surface area contributed by atoms with Crippen molar-refractivity contribution in [2.45, 2.75) is 19.3 Å². The van der Waals surface area contributed by atoms with Crippen LogP contribution in [0.5, 0.6) is 0 Å². The Morgan fingerprint density at radius 3 is 2.38 bits per heavy atom. The fourth-order valence-electron chi connectivity index (χ4n) is 2.95. The average Bonchev–Trinajstić information content (AvgIpc) is 2.57. The van der Waals surface area contributed by atoms with Crippen molar-refractivity contribution in [3.05, 3.63) is 60.4 Å². The molecular formula is C18H20N2O. The van der Waals surface area contributed by atoms with E-state index in [1.165, 1.54) is 5.69 Å². The zero-order valence-electron chi connectivity index (χ0n) is 12.1. The van der Waals surface area contributed by atoms with Gasteiger partial charge >= 0.3 is 0 Å². The molecule has 1 fully saturated rings. The van der Waals surface area contributed by atoms with E-state index in [9.17, 15) is 4.79 Å². The Bertz CT molecular complexity index is 575. The lowest BCUT2D eigenvalue weighted by molar-refractivity contribution is 0.0954. The van der Waals surface area contributed by atoms with E-state index in [2.05, 4.69) is 22.0 Å². The Kier molecular flexibility index (Phi) is 4.29. The second kappa shape index (κ2) is 6.53. The van der Waals surface area contributed by atoms with Crippen LogP contribution in [-0.2, 0) is 0 Å². The molecule has 0 unspecified atom stereocenters. The molecule has 2 heterocycles. The standard InChI is InChI=1S/C18H20N2O/c21-18(16-4-2-1-3-5-16)14-15-8-12-20(13-9-15)17-6-10-19-11-7-17/h1-7,10-11,15H,8-9,12-14H2. The molecule has 108 valence electrons. The summed E-state index contributed by atoms with van der Waals surface area (Å²) in [6.07, 6.45) is 6.51. The maximum absolute atomic E-state index is 12.2. The molecule has 3 rings (SSSR count). The highest BCUT2D eigenvalue weighted by atomic mass is 16.1. The molecule has 0 amide bonds. The zero-order valence-corrected chi connectivity index (χ0v) is 12.1. The minimum Gasteiger partial charge on any atom is -0.371 e. The van der Waals surface area contributed by atoms with Crippen LogP contribution in [0.15, 0.2) is 54.9 Å². The van der Waals surface area contributed by atoms with E-state index < -0.39 is 0 Å². The first-order valence-corrected chi connectivity index (χ1v) is 7.56. The molecule has 0 N–H and O–H groups in total. The summed E-state index contributed by atoms with van der Waals surface area (Å²) in [5, 5.41) is 0. The molecule has 1 aromatic carbocycles. The molecule has 1 aliphatic rings. The van der Waals surface area contributed by atoms with Crippen LogP contribution in [0, 0.1) is 5.92 Å². The molecule has 3 heteroatoms. The third kappa shape index (κ3) is 3.48. The van der Waals surface area contributed by atoms with Crippen molar-refractivity contribution in [1.82, 2.24) is 4.98 Å². The molecule has 1 aromatic heterocycles. The van der Waals surface area contributed by atoms with Crippen LogP contribution < -0.4 is 4.90 Å². The monoisotopic (exact) mass is 280 g/mol. The number of anilines is 1. The predicted octanol–water partition coefficient (Wildman–Crippen LogP) is 3.57. The van der Waals surface area contributed by atoms with Gasteiger partial charge in [0.15, 0.2) is 5.78 Å². The summed E-state index contributed by atoms with van der Waals surface area (Å²) in [7, 11) is 0. The smallest absolute Gasteiger partial charge is 0.163 e. The molecular weight excluding hydrogens is 260 g/mol. The summed E-state index contributed by atoms with van der Waals surface area (Å²) in [4.78, 5) is 18.7. The maximum atomic E-state index is 12.2. The lowest BCUT2D eigenvalue weighted by atomic mass is 9.89. The van der Waals surface area contributed by atoms with E-state index >= 15 is 0 Å². The number of ketones is 1. The number of carbonyl (C=O) groups is 1. The number of aromatic nitrogens is 1. The molecule has 0 saturated carbocycles. The van der Waals surface area contributed by atoms with Crippen molar-refractivity contribution in [2.75, 3.05) is 18.0 Å². The lowest BCUT2D eigenvalue weighted by Gasteiger charge is -2.33. The second-order valence-electron chi connectivity index (χ2n) is 5.63. The van der Waals surface area contributed by atoms with Crippen LogP contribution in [0.3, 0.4) is 0 Å². The van der Waals surface area contributed by atoms with Gasteiger partial charge in [-0.3, -0.25) is 9.78 Å². The number of nitrogens with zero attached hydrogens (tertiary/aromatic N) is 2. The number of benzene rings is 1. The Labute approximate surface area is 125 Å². The number of carbonyl (C=O) groups excluding carboxylic acids is 1. The number of hydrogen-bond donors (Lipinski definition) is 0. The minimum absolute atomic E-state index is 0.276. The van der Waals surface area contributed by atoms with Gasteiger partial charge in [-0.1, -0.05) is 30.3 Å². The third-order valence-corrected chi connectivity index (χ3v) is 4.21. The van der Waals surface area contributed by atoms with Crippen LogP contribution in [0.2, 0.25) is 0 Å². The van der Waals surface area contributed by atoms with Gasteiger partial charge in [-0.05, 0) is 30.9 Å². The first kappa shape index (κ1) is 13.8. The van der Waals surface area contributed by atoms with Gasteiger partial charge in [-0.2, -0.15) is 0 Å². The Balaban J connectivity index is 1.53. The van der Waals surface area contributed by atoms with Crippen molar-refractivity contribution in [3.8, 4) is 0 Å². The molecule has 0 bridgehead atoms. The number of hydrogen-bond acceptors (Lipinski definition) is 3. The largest absolute Gasteiger partial charge is 0.371 e. The van der Waals surface area contributed by atoms with Crippen molar-refractivity contribution in [2.24, 2.45) is 5.92 Å². The van der Waals surface area contributed by atoms with Gasteiger partial charge < -0.3 is 4.90 Å². The summed E-state index contributed by atoms with van der Waals surface area (Å²) in [5.41, 5.74) is 2.08. The summed E-state index contributed by atoms with van der Waals surface area (Å²) >= 11 is 0. The Morgan fingerprint density at radius 1 is 1.05 bits per heavy atom. The third-order valence-electron chi connectivity index (χ3n) is 4.21. The first-order chi connectivity index (χ1) is 10.3. The molecule has 2 aromatic rings. The Morgan fingerprint density at radius 2 is 1.71 bits per heavy atom. The van der Waals surface area contributed by atoms with Crippen LogP contribution >= 0.6 is 0 Å². The fourth-order valence-corrected chi connectivity index (χ4v) is 2.95. The van der Waals surface area contributed by atoms with E-state index in [1.807, 2.05) is 42.7 Å². The topological polar surface area (TPSA) is 33.2 Å². The van der Waals surface area contributed by atoms with Gasteiger partial charge in [-0.15, -0.1) is 0 Å². The summed E-state index contributed by atoms with van der Waals surface area (Å²) in [5.74, 6) is 0.786. The quantitative estimate of drug-likeness (QED) is 0.803. The molecule has 0 radical (unpaired) electrons. The lowest BCUT2D eigenvalue weighted by Crippen LogP contribution is -2.34. The highest BCUT2D eigenvalue weighted by Crippen LogP contribution is 2.25. The van der Waals surface area contributed by atoms with Crippen LogP contribution in [0.4, 0.5) is 5.69 Å². The first-order valence-electron chi connectivity index (χ1n) is 7.56. The number of pyridine rings is 1.